The molecule has 11 nitrogen and oxygen atoms in total. The molecule has 0 saturated carbocycles. The lowest BCUT2D eigenvalue weighted by Gasteiger charge is -2.23. The molecule has 0 bridgehead atoms. The van der Waals surface area contributed by atoms with Crippen molar-refractivity contribution in [2.45, 2.75) is 19.4 Å². The van der Waals surface area contributed by atoms with Gasteiger partial charge in [-0.05, 0) is 6.92 Å². The third kappa shape index (κ3) is 4.18. The van der Waals surface area contributed by atoms with Crippen molar-refractivity contribution in [2.75, 3.05) is 43.4 Å². The van der Waals surface area contributed by atoms with E-state index in [1.165, 1.54) is 0 Å². The quantitative estimate of drug-likeness (QED) is 0.609. The summed E-state index contributed by atoms with van der Waals surface area (Å²) >= 11 is 0. The van der Waals surface area contributed by atoms with Gasteiger partial charge in [-0.1, -0.05) is 5.21 Å². The second-order valence-electron chi connectivity index (χ2n) is 5.89. The Kier molecular flexibility index (Phi) is 5.03. The Morgan fingerprint density at radius 3 is 2.96 bits per heavy atom. The number of aliphatic hydroxyl groups is 1. The molecule has 3 heterocycles. The maximum Gasteiger partial charge on any atom is 0.230 e. The number of aromatic amines is 1. The first-order valence-corrected chi connectivity index (χ1v) is 8.01. The number of anilines is 2. The van der Waals surface area contributed by atoms with Crippen molar-refractivity contribution in [3.05, 3.63) is 17.6 Å². The number of H-pyrrole nitrogens is 1. The number of hydrogen-bond donors (Lipinski definition) is 3. The summed E-state index contributed by atoms with van der Waals surface area (Å²) in [6, 6.07) is 1.87. The highest BCUT2D eigenvalue weighted by Gasteiger charge is 2.26. The summed E-state index contributed by atoms with van der Waals surface area (Å²) in [5.74, 6) is 1.45. The zero-order valence-electron chi connectivity index (χ0n) is 14.2. The number of hydrogen-bond acceptors (Lipinski definition) is 9. The van der Waals surface area contributed by atoms with Crippen LogP contribution in [0.2, 0.25) is 0 Å². The van der Waals surface area contributed by atoms with Crippen molar-refractivity contribution >= 4 is 17.7 Å². The van der Waals surface area contributed by atoms with Gasteiger partial charge in [-0.3, -0.25) is 4.79 Å². The van der Waals surface area contributed by atoms with Crippen LogP contribution in [0, 0.1) is 6.92 Å². The highest BCUT2D eigenvalue weighted by atomic mass is 16.3. The Balaban J connectivity index is 1.70. The Bertz CT molecular complexity index is 721. The number of carbonyl (C=O) groups is 1. The molecule has 1 aliphatic heterocycles. The molecule has 25 heavy (non-hydrogen) atoms. The minimum Gasteiger partial charge on any atom is -0.389 e. The molecule has 2 aromatic rings. The Morgan fingerprint density at radius 2 is 2.24 bits per heavy atom. The molecule has 0 unspecified atom stereocenters. The van der Waals surface area contributed by atoms with Gasteiger partial charge in [-0.15, -0.1) is 10.2 Å². The number of carbonyl (C=O) groups excluding carboxylic acids is 1. The molecule has 1 aliphatic rings. The van der Waals surface area contributed by atoms with E-state index in [0.29, 0.717) is 31.4 Å². The number of nitrogens with zero attached hydrogens (tertiary/aromatic N) is 7. The summed E-state index contributed by atoms with van der Waals surface area (Å²) in [6.07, 6.45) is -0.621. The number of tetrazole rings is 1. The fraction of sp³-hybridized carbons (Fsp3) is 0.571. The molecule has 1 atom stereocenters. The first-order valence-electron chi connectivity index (χ1n) is 8.01. The van der Waals surface area contributed by atoms with Gasteiger partial charge in [0.25, 0.3) is 0 Å². The maximum atomic E-state index is 12.4. The van der Waals surface area contributed by atoms with Gasteiger partial charge in [0.1, 0.15) is 5.82 Å². The summed E-state index contributed by atoms with van der Waals surface area (Å²) in [5, 5.41) is 26.6. The SMILES string of the molecule is CNc1nc(C)cc(N2CCN(C(=O)Cc3nn[nH]n3)C[C@H](O)C2)n1. The lowest BCUT2D eigenvalue weighted by molar-refractivity contribution is -0.131. The van der Waals surface area contributed by atoms with Crippen LogP contribution in [0.5, 0.6) is 0 Å². The van der Waals surface area contributed by atoms with Gasteiger partial charge in [-0.2, -0.15) is 10.2 Å². The van der Waals surface area contributed by atoms with E-state index in [1.807, 2.05) is 17.9 Å². The number of aliphatic hydroxyl groups excluding tert-OH is 1. The highest BCUT2D eigenvalue weighted by Crippen LogP contribution is 2.17. The second kappa shape index (κ2) is 7.38. The van der Waals surface area contributed by atoms with E-state index in [1.54, 1.807) is 11.9 Å². The van der Waals surface area contributed by atoms with Gasteiger partial charge in [0.05, 0.1) is 12.5 Å². The van der Waals surface area contributed by atoms with Gasteiger partial charge in [0.2, 0.25) is 11.9 Å². The Labute approximate surface area is 144 Å². The minimum absolute atomic E-state index is 0.0553. The normalized spacial score (nSPS) is 18.1. The molecule has 11 heteroatoms. The Hall–Kier alpha value is -2.82. The van der Waals surface area contributed by atoms with Crippen LogP contribution in [-0.4, -0.2) is 85.8 Å². The van der Waals surface area contributed by atoms with E-state index in [2.05, 4.69) is 35.9 Å². The fourth-order valence-corrected chi connectivity index (χ4v) is 2.76. The fourth-order valence-electron chi connectivity index (χ4n) is 2.76. The average molecular weight is 347 g/mol. The molecule has 1 fully saturated rings. The molecule has 3 N–H and O–H groups in total. The van der Waals surface area contributed by atoms with Crippen LogP contribution in [0.1, 0.15) is 11.5 Å². The van der Waals surface area contributed by atoms with Gasteiger partial charge < -0.3 is 20.2 Å². The van der Waals surface area contributed by atoms with Crippen LogP contribution < -0.4 is 10.2 Å². The van der Waals surface area contributed by atoms with E-state index < -0.39 is 6.10 Å². The first-order chi connectivity index (χ1) is 12.0. The molecule has 0 aliphatic carbocycles. The van der Waals surface area contributed by atoms with Gasteiger partial charge in [-0.25, -0.2) is 4.98 Å². The largest absolute Gasteiger partial charge is 0.389 e. The average Bonchev–Trinajstić information content (AvgIpc) is 3.01. The predicted octanol–water partition coefficient (Wildman–Crippen LogP) is -1.41. The molecular weight excluding hydrogens is 326 g/mol. The number of β-amino-alcohol motifs (C(OH)–C–C–N with tert-alkyl or cyclic N) is 1. The van der Waals surface area contributed by atoms with Crippen molar-refractivity contribution in [1.29, 1.82) is 0 Å². The third-order valence-corrected chi connectivity index (χ3v) is 3.94. The molecule has 0 spiro atoms. The summed E-state index contributed by atoms with van der Waals surface area (Å²) in [4.78, 5) is 24.7. The molecule has 3 rings (SSSR count). The van der Waals surface area contributed by atoms with Crippen LogP contribution in [0.15, 0.2) is 6.07 Å². The van der Waals surface area contributed by atoms with E-state index in [4.69, 9.17) is 0 Å². The van der Waals surface area contributed by atoms with Crippen LogP contribution >= 0.6 is 0 Å². The zero-order valence-corrected chi connectivity index (χ0v) is 14.2. The number of amides is 1. The van der Waals surface area contributed by atoms with Crippen molar-refractivity contribution in [1.82, 2.24) is 35.5 Å². The van der Waals surface area contributed by atoms with Crippen LogP contribution in [0.3, 0.4) is 0 Å². The standard InChI is InChI=1S/C14H21N9O2/c1-9-5-12(17-14(15-2)16-9)22-3-4-23(8-10(24)7-22)13(25)6-11-18-20-21-19-11/h5,10,24H,3-4,6-8H2,1-2H3,(H,15,16,17)(H,18,19,20,21)/t10-/m1/s1. The van der Waals surface area contributed by atoms with Crippen molar-refractivity contribution in [2.24, 2.45) is 0 Å². The molecule has 1 amide bonds. The highest BCUT2D eigenvalue weighted by molar-refractivity contribution is 5.78. The van der Waals surface area contributed by atoms with Gasteiger partial charge in [0, 0.05) is 45.0 Å². The topological polar surface area (TPSA) is 136 Å². The van der Waals surface area contributed by atoms with Crippen molar-refractivity contribution in [3.63, 3.8) is 0 Å². The van der Waals surface area contributed by atoms with Crippen molar-refractivity contribution < 1.29 is 9.90 Å². The number of aromatic nitrogens is 6. The van der Waals surface area contributed by atoms with Crippen molar-refractivity contribution in [3.8, 4) is 0 Å². The zero-order chi connectivity index (χ0) is 17.8. The van der Waals surface area contributed by atoms with Gasteiger partial charge in [0.15, 0.2) is 5.82 Å². The molecule has 0 aromatic carbocycles. The smallest absolute Gasteiger partial charge is 0.230 e. The van der Waals surface area contributed by atoms with Crippen LogP contribution in [0.25, 0.3) is 0 Å². The maximum absolute atomic E-state index is 12.4. The molecule has 134 valence electrons. The first kappa shape index (κ1) is 17.0. The molecule has 2 aromatic heterocycles. The third-order valence-electron chi connectivity index (χ3n) is 3.94. The number of aryl methyl sites for hydroxylation is 1. The number of rotatable bonds is 4. The summed E-state index contributed by atoms with van der Waals surface area (Å²) in [5.41, 5.74) is 0.832. The van der Waals surface area contributed by atoms with E-state index in [0.717, 1.165) is 11.5 Å². The van der Waals surface area contributed by atoms with E-state index >= 15 is 0 Å². The summed E-state index contributed by atoms with van der Waals surface area (Å²) < 4.78 is 0. The minimum atomic E-state index is -0.676. The van der Waals surface area contributed by atoms with E-state index in [9.17, 15) is 9.90 Å². The van der Waals surface area contributed by atoms with Crippen LogP contribution in [-0.2, 0) is 11.2 Å². The monoisotopic (exact) mass is 347 g/mol. The molecular formula is C14H21N9O2. The molecule has 1 saturated heterocycles. The van der Waals surface area contributed by atoms with E-state index in [-0.39, 0.29) is 18.9 Å². The lowest BCUT2D eigenvalue weighted by atomic mass is 10.3. The molecule has 0 radical (unpaired) electrons. The predicted molar refractivity (Wildman–Crippen MR) is 89.0 cm³/mol. The second-order valence-corrected chi connectivity index (χ2v) is 5.89. The number of nitrogens with one attached hydrogen (secondary N) is 2. The van der Waals surface area contributed by atoms with Crippen LogP contribution in [0.4, 0.5) is 11.8 Å². The summed E-state index contributed by atoms with van der Waals surface area (Å²) in [7, 11) is 1.76. The lowest BCUT2D eigenvalue weighted by Crippen LogP contribution is -2.38. The summed E-state index contributed by atoms with van der Waals surface area (Å²) in [6.45, 7) is 3.59. The Morgan fingerprint density at radius 1 is 1.40 bits per heavy atom. The van der Waals surface area contributed by atoms with Gasteiger partial charge >= 0.3 is 0 Å².